The molecule has 2 heterocycles. The van der Waals surface area contributed by atoms with Crippen molar-refractivity contribution in [3.8, 4) is 5.75 Å². The fraction of sp³-hybridized carbons (Fsp3) is 0.515. The van der Waals surface area contributed by atoms with E-state index in [1.165, 1.54) is 6.07 Å². The number of hydrogen-bond acceptors (Lipinski definition) is 6. The quantitative estimate of drug-likeness (QED) is 0.213. The van der Waals surface area contributed by atoms with Crippen LogP contribution in [-0.4, -0.2) is 61.9 Å². The van der Waals surface area contributed by atoms with Gasteiger partial charge in [0.05, 0.1) is 11.6 Å². The van der Waals surface area contributed by atoms with Crippen molar-refractivity contribution in [1.29, 1.82) is 0 Å². The number of H-pyrrole nitrogens is 1. The Morgan fingerprint density at radius 1 is 1.10 bits per heavy atom. The number of amides is 1. The summed E-state index contributed by atoms with van der Waals surface area (Å²) in [5.41, 5.74) is 2.29. The van der Waals surface area contributed by atoms with Crippen molar-refractivity contribution in [3.05, 3.63) is 76.1 Å². The van der Waals surface area contributed by atoms with Gasteiger partial charge in [-0.05, 0) is 79.8 Å². The molecule has 1 saturated heterocycles. The van der Waals surface area contributed by atoms with Crippen LogP contribution < -0.4 is 16.2 Å². The van der Waals surface area contributed by atoms with Crippen LogP contribution in [0.25, 0.3) is 10.9 Å². The number of aromatic nitrogens is 1. The Morgan fingerprint density at radius 3 is 2.50 bits per heavy atom. The molecule has 42 heavy (non-hydrogen) atoms. The van der Waals surface area contributed by atoms with Crippen LogP contribution in [0, 0.1) is 5.92 Å². The lowest BCUT2D eigenvalue weighted by Crippen LogP contribution is -2.44. The fourth-order valence-electron chi connectivity index (χ4n) is 5.26. The lowest BCUT2D eigenvalue weighted by Gasteiger charge is -2.40. The molecule has 8 nitrogen and oxygen atoms in total. The number of aromatic amines is 1. The van der Waals surface area contributed by atoms with Gasteiger partial charge in [0.2, 0.25) is 11.5 Å². The van der Waals surface area contributed by atoms with Crippen molar-refractivity contribution in [2.45, 2.75) is 70.8 Å². The van der Waals surface area contributed by atoms with E-state index < -0.39 is 8.32 Å². The maximum absolute atomic E-state index is 12.3. The molecule has 9 heteroatoms. The zero-order chi connectivity index (χ0) is 30.3. The number of nitrogens with one attached hydrogen (secondary N) is 3. The number of likely N-dealkylation sites (tertiary alicyclic amines) is 1. The Bertz CT molecular complexity index is 1380. The highest BCUT2D eigenvalue weighted by molar-refractivity contribution is 6.74. The zero-order valence-corrected chi connectivity index (χ0v) is 26.8. The third-order valence-electron chi connectivity index (χ3n) is 8.95. The van der Waals surface area contributed by atoms with Crippen molar-refractivity contribution >= 4 is 25.1 Å². The van der Waals surface area contributed by atoms with E-state index in [1.807, 2.05) is 36.4 Å². The average molecular weight is 593 g/mol. The Morgan fingerprint density at radius 2 is 1.81 bits per heavy atom. The molecule has 4 rings (SSSR count). The minimum atomic E-state index is -2.12. The van der Waals surface area contributed by atoms with E-state index in [0.29, 0.717) is 30.9 Å². The minimum Gasteiger partial charge on any atom is -0.506 e. The molecule has 0 aliphatic carbocycles. The Balaban J connectivity index is 1.30. The van der Waals surface area contributed by atoms with E-state index in [-0.39, 0.29) is 28.4 Å². The number of carbonyl (C=O) groups is 1. The number of hydrogen-bond donors (Lipinski definition) is 4. The molecule has 1 aromatic heterocycles. The predicted molar refractivity (Wildman–Crippen MR) is 172 cm³/mol. The maximum Gasteiger partial charge on any atom is 0.248 e. The molecule has 3 aromatic rings. The van der Waals surface area contributed by atoms with Gasteiger partial charge in [0.25, 0.3) is 0 Å². The standard InChI is InChI=1S/C33H48N4O4Si/c1-33(2,3)42(4,5)41-29(26-11-13-28(38)32-27(26)12-14-31(40)36-32)23-34-21-25-15-18-37(19-16-25)20-17-30(39)35-22-24-9-7-6-8-10-24/h6-14,25,29,34,38H,15-23H2,1-5H3,(H,35,39)(H,36,40)/t29-/m0/s1. The smallest absolute Gasteiger partial charge is 0.248 e. The lowest BCUT2D eigenvalue weighted by molar-refractivity contribution is -0.121. The van der Waals surface area contributed by atoms with Crippen molar-refractivity contribution in [2.24, 2.45) is 5.92 Å². The fourth-order valence-corrected chi connectivity index (χ4v) is 6.54. The van der Waals surface area contributed by atoms with Gasteiger partial charge >= 0.3 is 0 Å². The van der Waals surface area contributed by atoms with Gasteiger partial charge in [-0.25, -0.2) is 0 Å². The molecule has 0 spiro atoms. The summed E-state index contributed by atoms with van der Waals surface area (Å²) in [4.78, 5) is 29.5. The highest BCUT2D eigenvalue weighted by Gasteiger charge is 2.39. The van der Waals surface area contributed by atoms with Crippen LogP contribution in [0.15, 0.2) is 59.4 Å². The largest absolute Gasteiger partial charge is 0.506 e. The van der Waals surface area contributed by atoms with Crippen molar-refractivity contribution < 1.29 is 14.3 Å². The van der Waals surface area contributed by atoms with Gasteiger partial charge in [-0.1, -0.05) is 57.2 Å². The summed E-state index contributed by atoms with van der Waals surface area (Å²) >= 11 is 0. The summed E-state index contributed by atoms with van der Waals surface area (Å²) in [5.74, 6) is 0.724. The molecule has 0 radical (unpaired) electrons. The van der Waals surface area contributed by atoms with Gasteiger partial charge < -0.3 is 30.0 Å². The van der Waals surface area contributed by atoms with E-state index in [2.05, 4.69) is 54.4 Å². The minimum absolute atomic E-state index is 0.0392. The number of aromatic hydroxyl groups is 1. The van der Waals surface area contributed by atoms with E-state index >= 15 is 0 Å². The summed E-state index contributed by atoms with van der Waals surface area (Å²) in [6, 6.07) is 16.9. The van der Waals surface area contributed by atoms with Crippen LogP contribution in [0.5, 0.6) is 5.75 Å². The maximum atomic E-state index is 12.3. The van der Waals surface area contributed by atoms with Crippen molar-refractivity contribution in [1.82, 2.24) is 20.5 Å². The molecular formula is C33H48N4O4Si. The highest BCUT2D eigenvalue weighted by Crippen LogP contribution is 2.41. The normalized spacial score (nSPS) is 16.0. The van der Waals surface area contributed by atoms with E-state index in [9.17, 15) is 14.7 Å². The topological polar surface area (TPSA) is 107 Å². The van der Waals surface area contributed by atoms with Crippen LogP contribution in [0.1, 0.15) is 57.3 Å². The number of benzene rings is 2. The van der Waals surface area contributed by atoms with Gasteiger partial charge in [0, 0.05) is 37.5 Å². The molecule has 0 saturated carbocycles. The van der Waals surface area contributed by atoms with Gasteiger partial charge in [-0.2, -0.15) is 0 Å². The third-order valence-corrected chi connectivity index (χ3v) is 13.4. The molecule has 1 amide bonds. The van der Waals surface area contributed by atoms with Gasteiger partial charge in [0.15, 0.2) is 8.32 Å². The van der Waals surface area contributed by atoms with Crippen LogP contribution >= 0.6 is 0 Å². The van der Waals surface area contributed by atoms with Crippen molar-refractivity contribution in [3.63, 3.8) is 0 Å². The predicted octanol–water partition coefficient (Wildman–Crippen LogP) is 5.30. The lowest BCUT2D eigenvalue weighted by atomic mass is 9.96. The SMILES string of the molecule is CC(C)(C)[Si](C)(C)O[C@@H](CNCC1CCN(CCC(=O)NCc2ccccc2)CC1)c1ccc(O)c2[nH]c(=O)ccc12. The summed E-state index contributed by atoms with van der Waals surface area (Å²) in [5, 5.41) is 18.0. The first-order valence-corrected chi connectivity index (χ1v) is 18.1. The number of piperidine rings is 1. The molecule has 0 bridgehead atoms. The molecule has 1 atom stereocenters. The number of phenols is 1. The summed E-state index contributed by atoms with van der Waals surface area (Å²) in [6.45, 7) is 16.1. The second kappa shape index (κ2) is 14.0. The number of pyridine rings is 1. The van der Waals surface area contributed by atoms with Crippen molar-refractivity contribution in [2.75, 3.05) is 32.7 Å². The van der Waals surface area contributed by atoms with E-state index in [4.69, 9.17) is 4.43 Å². The zero-order valence-electron chi connectivity index (χ0n) is 25.8. The number of carbonyl (C=O) groups excluding carboxylic acids is 1. The number of rotatable bonds is 12. The molecule has 1 aliphatic rings. The van der Waals surface area contributed by atoms with E-state index in [1.54, 1.807) is 12.1 Å². The Labute approximate surface area is 251 Å². The third kappa shape index (κ3) is 8.53. The second-order valence-corrected chi connectivity index (χ2v) is 17.9. The van der Waals surface area contributed by atoms with Gasteiger partial charge in [-0.3, -0.25) is 9.59 Å². The van der Waals surface area contributed by atoms with Gasteiger partial charge in [-0.15, -0.1) is 0 Å². The molecule has 1 aliphatic heterocycles. The summed E-state index contributed by atoms with van der Waals surface area (Å²) < 4.78 is 6.93. The number of nitrogens with zero attached hydrogens (tertiary/aromatic N) is 1. The number of fused-ring (bicyclic) bond motifs is 1. The average Bonchev–Trinajstić information content (AvgIpc) is 2.95. The summed E-state index contributed by atoms with van der Waals surface area (Å²) in [7, 11) is -2.12. The van der Waals surface area contributed by atoms with Crippen LogP contribution in [0.3, 0.4) is 0 Å². The highest BCUT2D eigenvalue weighted by atomic mass is 28.4. The second-order valence-electron chi connectivity index (χ2n) is 13.1. The molecular weight excluding hydrogens is 544 g/mol. The molecule has 2 aromatic carbocycles. The Hall–Kier alpha value is -2.98. The summed E-state index contributed by atoms with van der Waals surface area (Å²) in [6.07, 6.45) is 2.49. The molecule has 228 valence electrons. The first-order valence-electron chi connectivity index (χ1n) is 15.2. The first kappa shape index (κ1) is 31.9. The van der Waals surface area contributed by atoms with Gasteiger partial charge in [0.1, 0.15) is 5.75 Å². The van der Waals surface area contributed by atoms with Crippen LogP contribution in [0.4, 0.5) is 0 Å². The van der Waals surface area contributed by atoms with E-state index in [0.717, 1.165) is 55.5 Å². The molecule has 0 unspecified atom stereocenters. The first-order chi connectivity index (χ1) is 19.9. The molecule has 1 fully saturated rings. The van der Waals surface area contributed by atoms with Crippen LogP contribution in [0.2, 0.25) is 18.1 Å². The molecule has 4 N–H and O–H groups in total. The monoisotopic (exact) mass is 592 g/mol. The number of phenolic OH excluding ortho intramolecular Hbond substituents is 1. The Kier molecular flexibility index (Phi) is 10.6. The van der Waals surface area contributed by atoms with Crippen LogP contribution in [-0.2, 0) is 15.8 Å².